The van der Waals surface area contributed by atoms with Crippen molar-refractivity contribution < 1.29 is 23.9 Å². The molecule has 1 saturated heterocycles. The van der Waals surface area contributed by atoms with E-state index in [2.05, 4.69) is 37.2 Å². The third-order valence-electron chi connectivity index (χ3n) is 5.39. The first-order chi connectivity index (χ1) is 16.3. The summed E-state index contributed by atoms with van der Waals surface area (Å²) in [4.78, 5) is 39.2. The zero-order valence-corrected chi connectivity index (χ0v) is 22.2. The zero-order valence-electron chi connectivity index (χ0n) is 19.0. The molecule has 0 aliphatic carbocycles. The van der Waals surface area contributed by atoms with Gasteiger partial charge in [-0.2, -0.15) is 0 Å². The average molecular weight is 594 g/mol. The maximum Gasteiger partial charge on any atom is 0.354 e. The summed E-state index contributed by atoms with van der Waals surface area (Å²) in [5.41, 5.74) is 1.78. The minimum Gasteiger partial charge on any atom is -0.484 e. The van der Waals surface area contributed by atoms with Gasteiger partial charge in [0, 0.05) is 0 Å². The lowest BCUT2D eigenvalue weighted by Crippen LogP contribution is -2.74. The molecule has 7 nitrogen and oxygen atoms in total. The standard InChI is InChI=1S/C25H26Br2N2O5/c1-15(2)22(25(32)33-3)29-23(20(27)19(26)16-10-6-4-7-11-16)21(24(29)31)28-18(30)14-34-17-12-8-5-9-13-17/h4-13,19-21,23H,14H2,1-3H3,(H,28,30). The van der Waals surface area contributed by atoms with Gasteiger partial charge in [-0.05, 0) is 37.1 Å². The van der Waals surface area contributed by atoms with E-state index in [9.17, 15) is 14.4 Å². The number of nitrogens with one attached hydrogen (secondary N) is 1. The molecule has 34 heavy (non-hydrogen) atoms. The molecular formula is C25H26Br2N2O5. The number of alkyl halides is 2. The number of β-lactam (4-membered cyclic amide) rings is 1. The van der Waals surface area contributed by atoms with Gasteiger partial charge in [-0.25, -0.2) is 4.79 Å². The fourth-order valence-electron chi connectivity index (χ4n) is 3.76. The van der Waals surface area contributed by atoms with Gasteiger partial charge < -0.3 is 14.8 Å². The maximum absolute atomic E-state index is 13.2. The monoisotopic (exact) mass is 592 g/mol. The van der Waals surface area contributed by atoms with Crippen LogP contribution < -0.4 is 10.1 Å². The van der Waals surface area contributed by atoms with E-state index < -0.39 is 29.9 Å². The van der Waals surface area contributed by atoms with Gasteiger partial charge in [0.15, 0.2) is 6.61 Å². The lowest BCUT2D eigenvalue weighted by Gasteiger charge is -2.50. The van der Waals surface area contributed by atoms with Crippen LogP contribution in [0.25, 0.3) is 0 Å². The molecular weight excluding hydrogens is 568 g/mol. The third-order valence-corrected chi connectivity index (χ3v) is 8.27. The number of amides is 2. The van der Waals surface area contributed by atoms with Gasteiger partial charge in [0.1, 0.15) is 17.5 Å². The Morgan fingerprint density at radius 3 is 2.18 bits per heavy atom. The maximum atomic E-state index is 13.2. The number of allylic oxidation sites excluding steroid dienone is 1. The van der Waals surface area contributed by atoms with Crippen LogP contribution in [-0.4, -0.2) is 53.3 Å². The van der Waals surface area contributed by atoms with E-state index in [1.165, 1.54) is 12.0 Å². The number of hydrogen-bond acceptors (Lipinski definition) is 5. The Kier molecular flexibility index (Phi) is 8.90. The van der Waals surface area contributed by atoms with Gasteiger partial charge in [0.25, 0.3) is 11.8 Å². The van der Waals surface area contributed by atoms with Crippen molar-refractivity contribution in [3.8, 4) is 5.75 Å². The number of methoxy groups -OCH3 is 1. The van der Waals surface area contributed by atoms with Crippen LogP contribution in [0.15, 0.2) is 71.9 Å². The van der Waals surface area contributed by atoms with Gasteiger partial charge in [-0.3, -0.25) is 14.5 Å². The summed E-state index contributed by atoms with van der Waals surface area (Å²) in [6.45, 7) is 3.24. The smallest absolute Gasteiger partial charge is 0.354 e. The summed E-state index contributed by atoms with van der Waals surface area (Å²) in [5, 5.41) is 2.77. The number of para-hydroxylation sites is 1. The van der Waals surface area contributed by atoms with Crippen molar-refractivity contribution in [1.29, 1.82) is 0 Å². The quantitative estimate of drug-likeness (QED) is 0.205. The van der Waals surface area contributed by atoms with Crippen molar-refractivity contribution in [2.75, 3.05) is 13.7 Å². The van der Waals surface area contributed by atoms with E-state index in [0.29, 0.717) is 11.3 Å². The number of ether oxygens (including phenoxy) is 2. The number of benzene rings is 2. The Hall–Kier alpha value is -2.65. The molecule has 0 bridgehead atoms. The van der Waals surface area contributed by atoms with E-state index in [1.54, 1.807) is 38.1 Å². The Balaban J connectivity index is 1.84. The normalized spacial score (nSPS) is 18.9. The highest BCUT2D eigenvalue weighted by molar-refractivity contribution is 9.12. The molecule has 180 valence electrons. The van der Waals surface area contributed by atoms with E-state index >= 15 is 0 Å². The molecule has 2 amide bonds. The Morgan fingerprint density at radius 2 is 1.62 bits per heavy atom. The molecule has 1 aliphatic rings. The Morgan fingerprint density at radius 1 is 1.03 bits per heavy atom. The molecule has 3 rings (SSSR count). The number of esters is 1. The molecule has 2 aromatic carbocycles. The highest BCUT2D eigenvalue weighted by atomic mass is 79.9. The highest BCUT2D eigenvalue weighted by Gasteiger charge is 2.55. The number of rotatable bonds is 9. The van der Waals surface area contributed by atoms with Crippen LogP contribution in [0.2, 0.25) is 0 Å². The van der Waals surface area contributed by atoms with Crippen molar-refractivity contribution in [2.24, 2.45) is 0 Å². The van der Waals surface area contributed by atoms with Crippen LogP contribution in [0.4, 0.5) is 0 Å². The summed E-state index contributed by atoms with van der Waals surface area (Å²) in [5.74, 6) is -0.886. The number of halogens is 2. The highest BCUT2D eigenvalue weighted by Crippen LogP contribution is 2.41. The number of likely N-dealkylation sites (tertiary alicyclic amines) is 1. The molecule has 4 unspecified atom stereocenters. The summed E-state index contributed by atoms with van der Waals surface area (Å²) < 4.78 is 10.4. The summed E-state index contributed by atoms with van der Waals surface area (Å²) in [6, 6.07) is 17.2. The van der Waals surface area contributed by atoms with Crippen molar-refractivity contribution >= 4 is 49.6 Å². The van der Waals surface area contributed by atoms with Crippen LogP contribution in [-0.2, 0) is 19.1 Å². The SMILES string of the molecule is COC(=O)C(=C(C)C)N1C(=O)C(NC(=O)COc2ccccc2)C1C(Br)C(Br)c1ccccc1. The number of hydrogen-bond donors (Lipinski definition) is 1. The first-order valence-electron chi connectivity index (χ1n) is 10.7. The Bertz CT molecular complexity index is 1060. The predicted molar refractivity (Wildman–Crippen MR) is 136 cm³/mol. The molecule has 0 aromatic heterocycles. The van der Waals surface area contributed by atoms with Crippen molar-refractivity contribution in [3.63, 3.8) is 0 Å². The van der Waals surface area contributed by atoms with Crippen molar-refractivity contribution in [2.45, 2.75) is 35.6 Å². The number of nitrogens with zero attached hydrogens (tertiary/aromatic N) is 1. The van der Waals surface area contributed by atoms with Crippen LogP contribution in [0, 0.1) is 0 Å². The predicted octanol–water partition coefficient (Wildman–Crippen LogP) is 4.13. The topological polar surface area (TPSA) is 84.9 Å². The van der Waals surface area contributed by atoms with Crippen LogP contribution in [0.5, 0.6) is 5.75 Å². The first kappa shape index (κ1) is 26.0. The van der Waals surface area contributed by atoms with Crippen molar-refractivity contribution in [3.05, 3.63) is 77.5 Å². The van der Waals surface area contributed by atoms with Gasteiger partial charge in [-0.1, -0.05) is 80.4 Å². The summed E-state index contributed by atoms with van der Waals surface area (Å²) >= 11 is 7.44. The van der Waals surface area contributed by atoms with E-state index in [1.807, 2.05) is 36.4 Å². The van der Waals surface area contributed by atoms with Crippen LogP contribution >= 0.6 is 31.9 Å². The molecule has 4 atom stereocenters. The van der Waals surface area contributed by atoms with Gasteiger partial charge in [-0.15, -0.1) is 0 Å². The van der Waals surface area contributed by atoms with Crippen molar-refractivity contribution in [1.82, 2.24) is 10.2 Å². The second kappa shape index (κ2) is 11.7. The van der Waals surface area contributed by atoms with Gasteiger partial charge in [0.2, 0.25) is 0 Å². The van der Waals surface area contributed by atoms with Crippen LogP contribution in [0.3, 0.4) is 0 Å². The largest absolute Gasteiger partial charge is 0.484 e. The van der Waals surface area contributed by atoms with E-state index in [0.717, 1.165) is 5.56 Å². The molecule has 1 N–H and O–H groups in total. The minimum absolute atomic E-state index is 0.167. The molecule has 1 heterocycles. The minimum atomic E-state index is -0.848. The summed E-state index contributed by atoms with van der Waals surface area (Å²) in [7, 11) is 1.27. The zero-order chi connectivity index (χ0) is 24.8. The molecule has 0 radical (unpaired) electrons. The third kappa shape index (κ3) is 5.70. The lowest BCUT2D eigenvalue weighted by atomic mass is 9.87. The Labute approximate surface area is 215 Å². The fourth-order valence-corrected chi connectivity index (χ4v) is 5.22. The molecule has 9 heteroatoms. The molecule has 2 aromatic rings. The molecule has 1 fully saturated rings. The fraction of sp³-hybridized carbons (Fsp3) is 0.320. The van der Waals surface area contributed by atoms with Gasteiger partial charge >= 0.3 is 5.97 Å². The van der Waals surface area contributed by atoms with E-state index in [-0.39, 0.29) is 22.0 Å². The average Bonchev–Trinajstić information content (AvgIpc) is 2.86. The van der Waals surface area contributed by atoms with Crippen LogP contribution in [0.1, 0.15) is 24.2 Å². The molecule has 0 saturated carbocycles. The molecule has 1 aliphatic heterocycles. The number of carbonyl (C=O) groups excluding carboxylic acids is 3. The second-order valence-electron chi connectivity index (χ2n) is 7.94. The molecule has 0 spiro atoms. The summed E-state index contributed by atoms with van der Waals surface area (Å²) in [6.07, 6.45) is 0. The second-order valence-corrected chi connectivity index (χ2v) is 9.99. The first-order valence-corrected chi connectivity index (χ1v) is 12.5. The van der Waals surface area contributed by atoms with E-state index in [4.69, 9.17) is 9.47 Å². The lowest BCUT2D eigenvalue weighted by molar-refractivity contribution is -0.155. The van der Waals surface area contributed by atoms with Gasteiger partial charge in [0.05, 0.1) is 22.8 Å². The number of carbonyl (C=O) groups is 3.